The molecule has 0 fully saturated rings. The third kappa shape index (κ3) is 2.92. The van der Waals surface area contributed by atoms with Gasteiger partial charge in [-0.15, -0.1) is 11.3 Å². The number of nitrogens with zero attached hydrogens (tertiary/aromatic N) is 1. The fourth-order valence-electron chi connectivity index (χ4n) is 2.42. The van der Waals surface area contributed by atoms with E-state index in [2.05, 4.69) is 10.3 Å². The Morgan fingerprint density at radius 2 is 2.40 bits per heavy atom. The van der Waals surface area contributed by atoms with E-state index in [4.69, 9.17) is 11.6 Å². The van der Waals surface area contributed by atoms with E-state index in [1.54, 1.807) is 11.6 Å². The van der Waals surface area contributed by atoms with Crippen LogP contribution in [-0.2, 0) is 11.2 Å². The van der Waals surface area contributed by atoms with Gasteiger partial charge in [0.05, 0.1) is 17.2 Å². The van der Waals surface area contributed by atoms with Gasteiger partial charge in [0.2, 0.25) is 5.91 Å². The van der Waals surface area contributed by atoms with Crippen molar-refractivity contribution in [2.75, 3.05) is 0 Å². The Hall–Kier alpha value is -1.65. The number of aromatic nitrogens is 1. The second kappa shape index (κ2) is 5.77. The van der Waals surface area contributed by atoms with Crippen LogP contribution in [0.15, 0.2) is 35.2 Å². The fourth-order valence-corrected chi connectivity index (χ4v) is 3.14. The van der Waals surface area contributed by atoms with Gasteiger partial charge in [0.15, 0.2) is 0 Å². The molecule has 1 unspecified atom stereocenters. The second-order valence-electron chi connectivity index (χ2n) is 4.69. The molecular weight excluding hydrogens is 292 g/mol. The van der Waals surface area contributed by atoms with Crippen molar-refractivity contribution in [3.8, 4) is 0 Å². The minimum absolute atomic E-state index is 0.0786. The SMILES string of the molecule is O=C(/C=C/c1cscn1)NC1CCc2cc(Cl)ccc21. The smallest absolute Gasteiger partial charge is 0.244 e. The summed E-state index contributed by atoms with van der Waals surface area (Å²) in [6.45, 7) is 0. The van der Waals surface area contributed by atoms with Crippen LogP contribution in [0, 0.1) is 0 Å². The number of nitrogens with one attached hydrogen (secondary N) is 1. The summed E-state index contributed by atoms with van der Waals surface area (Å²) in [6, 6.07) is 5.93. The van der Waals surface area contributed by atoms with Crippen LogP contribution < -0.4 is 5.32 Å². The maximum atomic E-state index is 11.9. The number of amides is 1. The van der Waals surface area contributed by atoms with Crippen LogP contribution in [0.2, 0.25) is 5.02 Å². The van der Waals surface area contributed by atoms with Crippen molar-refractivity contribution in [1.82, 2.24) is 10.3 Å². The third-order valence-corrected chi connectivity index (χ3v) is 4.20. The van der Waals surface area contributed by atoms with Gasteiger partial charge in [-0.25, -0.2) is 4.98 Å². The van der Waals surface area contributed by atoms with Gasteiger partial charge >= 0.3 is 0 Å². The van der Waals surface area contributed by atoms with Crippen molar-refractivity contribution in [3.05, 3.63) is 57.0 Å². The van der Waals surface area contributed by atoms with Crippen LogP contribution in [-0.4, -0.2) is 10.9 Å². The largest absolute Gasteiger partial charge is 0.346 e. The monoisotopic (exact) mass is 304 g/mol. The Morgan fingerprint density at radius 1 is 1.50 bits per heavy atom. The molecule has 1 heterocycles. The summed E-state index contributed by atoms with van der Waals surface area (Å²) in [5, 5.41) is 5.67. The highest BCUT2D eigenvalue weighted by Crippen LogP contribution is 2.32. The molecule has 0 spiro atoms. The van der Waals surface area contributed by atoms with Crippen molar-refractivity contribution in [2.24, 2.45) is 0 Å². The molecule has 0 radical (unpaired) electrons. The molecule has 1 aliphatic rings. The average molecular weight is 305 g/mol. The molecule has 1 aromatic carbocycles. The van der Waals surface area contributed by atoms with E-state index >= 15 is 0 Å². The number of rotatable bonds is 3. The normalized spacial score (nSPS) is 17.4. The molecule has 0 aliphatic heterocycles. The van der Waals surface area contributed by atoms with Gasteiger partial charge < -0.3 is 5.32 Å². The van der Waals surface area contributed by atoms with Crippen LogP contribution in [0.1, 0.15) is 29.3 Å². The summed E-state index contributed by atoms with van der Waals surface area (Å²) >= 11 is 7.49. The molecule has 1 amide bonds. The molecule has 1 aliphatic carbocycles. The first-order valence-corrected chi connectivity index (χ1v) is 7.69. The van der Waals surface area contributed by atoms with Gasteiger partial charge in [0.25, 0.3) is 0 Å². The zero-order valence-electron chi connectivity index (χ0n) is 10.7. The van der Waals surface area contributed by atoms with E-state index in [0.717, 1.165) is 23.6 Å². The summed E-state index contributed by atoms with van der Waals surface area (Å²) in [5.74, 6) is -0.0919. The zero-order valence-corrected chi connectivity index (χ0v) is 12.2. The Labute approximate surface area is 126 Å². The molecular formula is C15H13ClN2OS. The average Bonchev–Trinajstić information content (AvgIpc) is 3.06. The highest BCUT2D eigenvalue weighted by Gasteiger charge is 2.23. The molecule has 20 heavy (non-hydrogen) atoms. The van der Waals surface area contributed by atoms with Gasteiger partial charge in [-0.2, -0.15) is 0 Å². The van der Waals surface area contributed by atoms with Crippen LogP contribution >= 0.6 is 22.9 Å². The highest BCUT2D eigenvalue weighted by molar-refractivity contribution is 7.07. The molecule has 3 rings (SSSR count). The lowest BCUT2D eigenvalue weighted by molar-refractivity contribution is -0.117. The lowest BCUT2D eigenvalue weighted by atomic mass is 10.1. The summed E-state index contributed by atoms with van der Waals surface area (Å²) in [7, 11) is 0. The van der Waals surface area contributed by atoms with Crippen LogP contribution in [0.3, 0.4) is 0 Å². The lowest BCUT2D eigenvalue weighted by Gasteiger charge is -2.12. The number of benzene rings is 1. The van der Waals surface area contributed by atoms with Gasteiger partial charge in [-0.05, 0) is 42.2 Å². The number of hydrogen-bond donors (Lipinski definition) is 1. The summed E-state index contributed by atoms with van der Waals surface area (Å²) in [4.78, 5) is 16.0. The lowest BCUT2D eigenvalue weighted by Crippen LogP contribution is -2.25. The van der Waals surface area contributed by atoms with Gasteiger partial charge in [0, 0.05) is 16.5 Å². The predicted molar refractivity (Wildman–Crippen MR) is 81.8 cm³/mol. The summed E-state index contributed by atoms with van der Waals surface area (Å²) in [5.41, 5.74) is 4.95. The molecule has 2 aromatic rings. The van der Waals surface area contributed by atoms with Gasteiger partial charge in [-0.1, -0.05) is 17.7 Å². The molecule has 3 nitrogen and oxygen atoms in total. The molecule has 0 saturated carbocycles. The topological polar surface area (TPSA) is 42.0 Å². The molecule has 1 atom stereocenters. The quantitative estimate of drug-likeness (QED) is 0.880. The molecule has 5 heteroatoms. The van der Waals surface area contributed by atoms with Crippen LogP contribution in [0.25, 0.3) is 6.08 Å². The minimum atomic E-state index is -0.0919. The number of thiazole rings is 1. The van der Waals surface area contributed by atoms with E-state index < -0.39 is 0 Å². The Kier molecular flexibility index (Phi) is 3.85. The van der Waals surface area contributed by atoms with Crippen molar-refractivity contribution < 1.29 is 4.79 Å². The summed E-state index contributed by atoms with van der Waals surface area (Å²) in [6.07, 6.45) is 5.13. The fraction of sp³-hybridized carbons (Fsp3) is 0.200. The van der Waals surface area contributed by atoms with Crippen molar-refractivity contribution in [1.29, 1.82) is 0 Å². The minimum Gasteiger partial charge on any atom is -0.346 e. The maximum absolute atomic E-state index is 11.9. The highest BCUT2D eigenvalue weighted by atomic mass is 35.5. The number of aryl methyl sites for hydroxylation is 1. The number of hydrogen-bond acceptors (Lipinski definition) is 3. The Balaban J connectivity index is 1.66. The molecule has 1 aromatic heterocycles. The van der Waals surface area contributed by atoms with Crippen molar-refractivity contribution >= 4 is 34.9 Å². The first kappa shape index (κ1) is 13.3. The van der Waals surface area contributed by atoms with Crippen molar-refractivity contribution in [2.45, 2.75) is 18.9 Å². The predicted octanol–water partition coefficient (Wildman–Crippen LogP) is 3.61. The van der Waals surface area contributed by atoms with Gasteiger partial charge in [0.1, 0.15) is 0 Å². The number of fused-ring (bicyclic) bond motifs is 1. The molecule has 0 bridgehead atoms. The molecule has 0 saturated heterocycles. The molecule has 1 N–H and O–H groups in total. The number of carbonyl (C=O) groups is 1. The third-order valence-electron chi connectivity index (χ3n) is 3.36. The van der Waals surface area contributed by atoms with Crippen LogP contribution in [0.4, 0.5) is 0 Å². The Morgan fingerprint density at radius 3 is 3.20 bits per heavy atom. The van der Waals surface area contributed by atoms with Crippen LogP contribution in [0.5, 0.6) is 0 Å². The van der Waals surface area contributed by atoms with E-state index in [0.29, 0.717) is 0 Å². The maximum Gasteiger partial charge on any atom is 0.244 e. The van der Waals surface area contributed by atoms with Gasteiger partial charge in [-0.3, -0.25) is 4.79 Å². The summed E-state index contributed by atoms with van der Waals surface area (Å²) < 4.78 is 0. The van der Waals surface area contributed by atoms with E-state index in [1.165, 1.54) is 28.5 Å². The van der Waals surface area contributed by atoms with E-state index in [9.17, 15) is 4.79 Å². The number of halogens is 1. The first-order valence-electron chi connectivity index (χ1n) is 6.37. The Bertz CT molecular complexity index is 652. The second-order valence-corrected chi connectivity index (χ2v) is 5.84. The standard InChI is InChI=1S/C15H13ClN2OS/c16-11-2-4-13-10(7-11)1-5-14(13)18-15(19)6-3-12-8-20-9-17-12/h2-4,6-9,14H,1,5H2,(H,18,19)/b6-3+. The number of carbonyl (C=O) groups excluding carboxylic acids is 1. The molecule has 102 valence electrons. The first-order chi connectivity index (χ1) is 9.72. The van der Waals surface area contributed by atoms with Crippen molar-refractivity contribution in [3.63, 3.8) is 0 Å². The zero-order chi connectivity index (χ0) is 13.9. The van der Waals surface area contributed by atoms with E-state index in [1.807, 2.05) is 23.6 Å². The van der Waals surface area contributed by atoms with E-state index in [-0.39, 0.29) is 11.9 Å².